The first kappa shape index (κ1) is 71.9. The van der Waals surface area contributed by atoms with Crippen molar-refractivity contribution < 1.29 is 92.7 Å². The molecule has 1 aliphatic rings. The van der Waals surface area contributed by atoms with Crippen molar-refractivity contribution in [3.05, 3.63) is 105 Å². The summed E-state index contributed by atoms with van der Waals surface area (Å²) in [5.41, 5.74) is -1.48. The summed E-state index contributed by atoms with van der Waals surface area (Å²) in [5.74, 6) is -0.0892. The number of sulfonamides is 1. The van der Waals surface area contributed by atoms with Crippen LogP contribution in [0.3, 0.4) is 0 Å². The van der Waals surface area contributed by atoms with Gasteiger partial charge in [0.2, 0.25) is 0 Å². The maximum Gasteiger partial charge on any atom is 0.511 e. The summed E-state index contributed by atoms with van der Waals surface area (Å²) in [7, 11) is -5.40. The van der Waals surface area contributed by atoms with Crippen LogP contribution < -0.4 is 4.74 Å². The largest absolute Gasteiger partial charge is 0.511 e. The van der Waals surface area contributed by atoms with E-state index < -0.39 is 21.1 Å². The number of aromatic nitrogens is 1. The van der Waals surface area contributed by atoms with Crippen LogP contribution >= 0.6 is 23.2 Å². The van der Waals surface area contributed by atoms with Crippen LogP contribution in [0.15, 0.2) is 72.9 Å². The van der Waals surface area contributed by atoms with Crippen LogP contribution in [-0.2, 0) is 82.8 Å². The molecule has 478 valence electrons. The van der Waals surface area contributed by atoms with E-state index in [1.54, 1.807) is 6.20 Å². The molecule has 19 nitrogen and oxygen atoms in total. The Balaban J connectivity index is 0.849. The molecule has 0 spiro atoms. The molecule has 25 heteroatoms. The topological polar surface area (TPSA) is 197 Å². The molecule has 0 radical (unpaired) electrons. The van der Waals surface area contributed by atoms with Crippen LogP contribution in [0.25, 0.3) is 10.9 Å². The highest BCUT2D eigenvalue weighted by Gasteiger charge is 2.50. The molecule has 1 aliphatic heterocycles. The van der Waals surface area contributed by atoms with Crippen molar-refractivity contribution in [1.82, 2.24) is 9.29 Å². The van der Waals surface area contributed by atoms with E-state index in [1.807, 2.05) is 81.4 Å². The molecule has 0 N–H and O–H groups in total. The third kappa shape index (κ3) is 28.9. The van der Waals surface area contributed by atoms with Gasteiger partial charge < -0.3 is 66.3 Å². The lowest BCUT2D eigenvalue weighted by atomic mass is 9.83. The molecule has 85 heavy (non-hydrogen) atoms. The van der Waals surface area contributed by atoms with E-state index in [2.05, 4.69) is 6.07 Å². The molecule has 1 aromatic heterocycles. The van der Waals surface area contributed by atoms with E-state index in [9.17, 15) is 26.4 Å². The second kappa shape index (κ2) is 40.6. The predicted octanol–water partition coefficient (Wildman–Crippen LogP) is 9.14. The number of halogens is 5. The lowest BCUT2D eigenvalue weighted by Crippen LogP contribution is -2.45. The molecule has 4 aromatic rings. The Labute approximate surface area is 508 Å². The van der Waals surface area contributed by atoms with Crippen molar-refractivity contribution >= 4 is 50.1 Å². The highest BCUT2D eigenvalue weighted by molar-refractivity contribution is 7.90. The standard InChI is InChI=1S/C60H85Cl2F3N2O17S/c1-59(2,3)84-56(68)15-19-71-20-21-72-22-23-73-24-25-74-26-27-75-28-29-76-30-31-77-32-33-78-34-35-79-36-37-80-38-39-81-40-41-82-42-43-83-55-46-51(57(48-4-8-52(61)9-5-48)49-6-10-53(62)11-7-49)45-54-50(12-16-66-58(54)55)44-47-13-17-67(18-14-47)85(69,70)60(63,64)65/h4-12,16,45-47,57H,13-15,17-44H2,1-3H3. The van der Waals surface area contributed by atoms with Gasteiger partial charge in [-0.1, -0.05) is 47.5 Å². The second-order valence-electron chi connectivity index (χ2n) is 20.5. The summed E-state index contributed by atoms with van der Waals surface area (Å²) < 4.78 is 143. The zero-order valence-electron chi connectivity index (χ0n) is 49.1. The summed E-state index contributed by atoms with van der Waals surface area (Å²) in [6, 6.07) is 21.1. The summed E-state index contributed by atoms with van der Waals surface area (Å²) in [6.45, 7) is 15.2. The van der Waals surface area contributed by atoms with Crippen molar-refractivity contribution in [2.45, 2.75) is 63.5 Å². The molecule has 3 aromatic carbocycles. The number of ether oxygens (including phenoxy) is 14. The van der Waals surface area contributed by atoms with Crippen molar-refractivity contribution in [3.8, 4) is 5.75 Å². The van der Waals surface area contributed by atoms with Gasteiger partial charge in [0.25, 0.3) is 0 Å². The van der Waals surface area contributed by atoms with Crippen LogP contribution in [0.5, 0.6) is 5.75 Å². The Bertz CT molecular complexity index is 2520. The summed E-state index contributed by atoms with van der Waals surface area (Å²) in [4.78, 5) is 16.4. The number of esters is 1. The fraction of sp³-hybridized carbons (Fsp3) is 0.633. The van der Waals surface area contributed by atoms with Crippen molar-refractivity contribution in [3.63, 3.8) is 0 Å². The van der Waals surface area contributed by atoms with Gasteiger partial charge in [-0.05, 0) is 111 Å². The number of rotatable bonds is 46. The monoisotopic (exact) mass is 1260 g/mol. The van der Waals surface area contributed by atoms with Crippen molar-refractivity contribution in [2.24, 2.45) is 5.92 Å². The molecule has 0 saturated carbocycles. The summed E-state index contributed by atoms with van der Waals surface area (Å²) in [5, 5.41) is 2.00. The van der Waals surface area contributed by atoms with Crippen molar-refractivity contribution in [1.29, 1.82) is 0 Å². The van der Waals surface area contributed by atoms with Crippen LogP contribution in [0.2, 0.25) is 10.0 Å². The normalized spacial score (nSPS) is 13.8. The van der Waals surface area contributed by atoms with Gasteiger partial charge in [0.1, 0.15) is 23.5 Å². The predicted molar refractivity (Wildman–Crippen MR) is 314 cm³/mol. The maximum absolute atomic E-state index is 13.3. The molecule has 5 rings (SSSR count). The van der Waals surface area contributed by atoms with Gasteiger partial charge in [-0.25, -0.2) is 8.42 Å². The average Bonchev–Trinajstić information content (AvgIpc) is 2.23. The number of alkyl halides is 3. The van der Waals surface area contributed by atoms with E-state index in [4.69, 9.17) is 94.5 Å². The Morgan fingerprint density at radius 2 is 0.906 bits per heavy atom. The lowest BCUT2D eigenvalue weighted by Gasteiger charge is -2.31. The van der Waals surface area contributed by atoms with Crippen LogP contribution in [-0.4, -0.2) is 213 Å². The van der Waals surface area contributed by atoms with E-state index in [-0.39, 0.29) is 63.4 Å². The van der Waals surface area contributed by atoms with Gasteiger partial charge in [-0.15, -0.1) is 0 Å². The zero-order valence-corrected chi connectivity index (χ0v) is 51.5. The van der Waals surface area contributed by atoms with Crippen LogP contribution in [0.4, 0.5) is 13.2 Å². The number of fused-ring (bicyclic) bond motifs is 1. The van der Waals surface area contributed by atoms with Gasteiger partial charge in [0.05, 0.1) is 165 Å². The SMILES string of the molecule is CC(C)(C)OC(=O)CCOCCOCCOCCOCCOCCOCCOCCOCCOCCOCCOCCOCCOc1cc(C(c2ccc(Cl)cc2)c2ccc(Cl)cc2)cc2c(CC3CCN(S(=O)(=O)C(F)(F)F)CC3)ccnc12. The molecule has 0 atom stereocenters. The third-order valence-electron chi connectivity index (χ3n) is 12.8. The number of pyridine rings is 1. The van der Waals surface area contributed by atoms with Crippen LogP contribution in [0.1, 0.15) is 68.2 Å². The molecular weight excluding hydrogens is 1180 g/mol. The number of benzene rings is 3. The molecular formula is C60H85Cl2F3N2O17S. The van der Waals surface area contributed by atoms with E-state index >= 15 is 0 Å². The summed E-state index contributed by atoms with van der Waals surface area (Å²) >= 11 is 12.6. The molecule has 1 fully saturated rings. The first-order chi connectivity index (χ1) is 41.0. The fourth-order valence-electron chi connectivity index (χ4n) is 8.73. The number of nitrogens with zero attached hydrogens (tertiary/aromatic N) is 2. The number of hydrogen-bond donors (Lipinski definition) is 0. The van der Waals surface area contributed by atoms with E-state index in [0.29, 0.717) is 184 Å². The zero-order chi connectivity index (χ0) is 61.0. The second-order valence-corrected chi connectivity index (χ2v) is 23.3. The molecule has 0 amide bonds. The van der Waals surface area contributed by atoms with Gasteiger partial charge in [0, 0.05) is 40.6 Å². The molecule has 0 aliphatic carbocycles. The Morgan fingerprint density at radius 1 is 0.541 bits per heavy atom. The maximum atomic E-state index is 13.3. The minimum Gasteiger partial charge on any atom is -0.489 e. The Kier molecular flexibility index (Phi) is 34.4. The van der Waals surface area contributed by atoms with Crippen LogP contribution in [0, 0.1) is 5.92 Å². The van der Waals surface area contributed by atoms with E-state index in [1.165, 1.54) is 0 Å². The molecule has 0 bridgehead atoms. The van der Waals surface area contributed by atoms with Gasteiger partial charge in [-0.2, -0.15) is 17.5 Å². The highest BCUT2D eigenvalue weighted by Crippen LogP contribution is 2.40. The van der Waals surface area contributed by atoms with Crippen molar-refractivity contribution in [2.75, 3.05) is 178 Å². The number of carbonyl (C=O) groups is 1. The average molecular weight is 1270 g/mol. The highest BCUT2D eigenvalue weighted by atomic mass is 35.5. The molecule has 0 unspecified atom stereocenters. The first-order valence-electron chi connectivity index (χ1n) is 28.8. The fourth-order valence-corrected chi connectivity index (χ4v) is 9.97. The van der Waals surface area contributed by atoms with E-state index in [0.717, 1.165) is 27.6 Å². The smallest absolute Gasteiger partial charge is 0.489 e. The molecule has 2 heterocycles. The lowest BCUT2D eigenvalue weighted by molar-refractivity contribution is -0.156. The first-order valence-corrected chi connectivity index (χ1v) is 31.0. The van der Waals surface area contributed by atoms with Gasteiger partial charge in [-0.3, -0.25) is 9.78 Å². The number of hydrogen-bond acceptors (Lipinski definition) is 18. The van der Waals surface area contributed by atoms with Gasteiger partial charge in [0.15, 0.2) is 0 Å². The number of piperidine rings is 1. The summed E-state index contributed by atoms with van der Waals surface area (Å²) in [6.07, 6.45) is 2.95. The third-order valence-corrected chi connectivity index (χ3v) is 15.0. The van der Waals surface area contributed by atoms with Gasteiger partial charge >= 0.3 is 21.5 Å². The molecule has 1 saturated heterocycles. The number of carbonyl (C=O) groups excluding carboxylic acids is 1. The quantitative estimate of drug-likeness (QED) is 0.0230. The Morgan fingerprint density at radius 3 is 1.27 bits per heavy atom. The minimum atomic E-state index is -5.40. The Hall–Kier alpha value is -3.86. The minimum absolute atomic E-state index is 0.0630.